The number of ketones is 1. The molecule has 13 atom stereocenters. The second-order valence-electron chi connectivity index (χ2n) is 15.7. The summed E-state index contributed by atoms with van der Waals surface area (Å²) in [6, 6.07) is -0.586. The number of nitrogens with one attached hydrogen (secondary N) is 1. The summed E-state index contributed by atoms with van der Waals surface area (Å²) in [7, 11) is 5.28. The molecule has 3 heterocycles. The molecule has 4 unspecified atom stereocenters. The van der Waals surface area contributed by atoms with Crippen LogP contribution in [0.25, 0.3) is 0 Å². The molecule has 3 fully saturated rings. The zero-order valence-corrected chi connectivity index (χ0v) is 32.1. The van der Waals surface area contributed by atoms with Crippen molar-refractivity contribution in [3.05, 3.63) is 0 Å². The van der Waals surface area contributed by atoms with E-state index < -0.39 is 84.2 Å². The van der Waals surface area contributed by atoms with Gasteiger partial charge in [-0.1, -0.05) is 27.7 Å². The predicted molar refractivity (Wildman–Crippen MR) is 187 cm³/mol. The van der Waals surface area contributed by atoms with Gasteiger partial charge in [-0.15, -0.1) is 0 Å². The minimum Gasteiger partial charge on any atom is -0.458 e. The molecule has 14 heteroatoms. The number of carbonyl (C=O) groups is 3. The van der Waals surface area contributed by atoms with Gasteiger partial charge in [0.15, 0.2) is 11.9 Å². The SMILES string of the molecule is CC[C@H]1OC(=O)CC(=O)[C@H](C)[C@@H](O[C@@H]2OC(C(O)CN3CCCC3)CC(N(C)C)C2O)[C@](C)(OC)C[C@@H](C)CN[C@H](C)[C@@H](C)[C@]1(C)OC(N)=O. The molecule has 3 aliphatic heterocycles. The highest BCUT2D eigenvalue weighted by Crippen LogP contribution is 2.37. The monoisotopic (exact) mass is 714 g/mol. The van der Waals surface area contributed by atoms with Crippen LogP contribution >= 0.6 is 0 Å². The number of nitrogens with zero attached hydrogens (tertiary/aromatic N) is 2. The molecular weight excluding hydrogens is 648 g/mol. The highest BCUT2D eigenvalue weighted by atomic mass is 16.7. The molecule has 5 N–H and O–H groups in total. The van der Waals surface area contributed by atoms with Gasteiger partial charge in [-0.25, -0.2) is 4.79 Å². The summed E-state index contributed by atoms with van der Waals surface area (Å²) in [4.78, 5) is 43.5. The highest BCUT2D eigenvalue weighted by molar-refractivity contribution is 5.97. The fourth-order valence-electron chi connectivity index (χ4n) is 8.11. The average molecular weight is 715 g/mol. The van der Waals surface area contributed by atoms with Gasteiger partial charge >= 0.3 is 12.1 Å². The van der Waals surface area contributed by atoms with Gasteiger partial charge in [0.25, 0.3) is 0 Å². The van der Waals surface area contributed by atoms with Crippen LogP contribution < -0.4 is 11.1 Å². The number of esters is 1. The first-order valence-electron chi connectivity index (χ1n) is 18.4. The number of aliphatic hydroxyl groups is 2. The summed E-state index contributed by atoms with van der Waals surface area (Å²) in [5, 5.41) is 26.4. The van der Waals surface area contributed by atoms with Crippen LogP contribution in [0.3, 0.4) is 0 Å². The number of primary amides is 1. The van der Waals surface area contributed by atoms with E-state index in [1.165, 1.54) is 0 Å². The lowest BCUT2D eigenvalue weighted by atomic mass is 9.79. The number of carbonyl (C=O) groups excluding carboxylic acids is 3. The number of Topliss-reactive ketones (excluding diaryl/α,β-unsaturated/α-hetero) is 1. The standard InChI is InChI=1S/C36H66N4O10/c1-11-29-36(7,50-34(37)45)23(4)24(5)38-19-21(2)18-35(6,46-10)32(22(3)26(41)17-30(43)48-29)49-33-31(44)25(39(8)9)16-28(47-33)27(42)20-40-14-12-13-15-40/h21-25,27-29,31-33,38,42,44H,11-20H2,1-10H3,(H2,37,45)/t21-,22+,23-,24-,25?,27?,28?,29-,31?,32-,33+,35-,36+/m1/s1. The normalized spacial score (nSPS) is 40.9. The van der Waals surface area contributed by atoms with Crippen molar-refractivity contribution in [1.29, 1.82) is 0 Å². The van der Waals surface area contributed by atoms with Crippen LogP contribution in [0.5, 0.6) is 0 Å². The zero-order chi connectivity index (χ0) is 37.6. The van der Waals surface area contributed by atoms with Crippen LogP contribution in [0.4, 0.5) is 4.79 Å². The Balaban J connectivity index is 1.98. The quantitative estimate of drug-likeness (QED) is 0.201. The molecule has 50 heavy (non-hydrogen) atoms. The van der Waals surface area contributed by atoms with Gasteiger partial charge in [-0.3, -0.25) is 9.59 Å². The summed E-state index contributed by atoms with van der Waals surface area (Å²) in [6.07, 6.45) is -3.77. The van der Waals surface area contributed by atoms with Gasteiger partial charge in [-0.2, -0.15) is 0 Å². The lowest BCUT2D eigenvalue weighted by molar-refractivity contribution is -0.306. The number of aliphatic hydroxyl groups excluding tert-OH is 2. The first-order chi connectivity index (χ1) is 23.4. The Labute approximate surface area is 299 Å². The Morgan fingerprint density at radius 3 is 2.36 bits per heavy atom. The van der Waals surface area contributed by atoms with Crippen molar-refractivity contribution in [2.75, 3.05) is 47.4 Å². The van der Waals surface area contributed by atoms with Crippen LogP contribution in [0.15, 0.2) is 0 Å². The van der Waals surface area contributed by atoms with E-state index >= 15 is 0 Å². The van der Waals surface area contributed by atoms with E-state index in [0.29, 0.717) is 32.4 Å². The third-order valence-corrected chi connectivity index (χ3v) is 11.6. The maximum absolute atomic E-state index is 14.0. The second kappa shape index (κ2) is 18.2. The number of amides is 1. The molecule has 0 spiro atoms. The van der Waals surface area contributed by atoms with Crippen LogP contribution in [-0.4, -0.2) is 145 Å². The maximum Gasteiger partial charge on any atom is 0.405 e. The third kappa shape index (κ3) is 10.4. The molecule has 0 radical (unpaired) electrons. The fraction of sp³-hybridized carbons (Fsp3) is 0.917. The highest BCUT2D eigenvalue weighted by Gasteiger charge is 2.50. The second-order valence-corrected chi connectivity index (χ2v) is 15.7. The summed E-state index contributed by atoms with van der Waals surface area (Å²) in [5.74, 6) is -2.45. The lowest BCUT2D eigenvalue weighted by Crippen LogP contribution is -2.61. The van der Waals surface area contributed by atoms with Crippen LogP contribution in [-0.2, 0) is 33.3 Å². The molecule has 0 aliphatic carbocycles. The summed E-state index contributed by atoms with van der Waals surface area (Å²) >= 11 is 0. The average Bonchev–Trinajstić information content (AvgIpc) is 3.56. The van der Waals surface area contributed by atoms with Crippen LogP contribution in [0.1, 0.15) is 87.0 Å². The van der Waals surface area contributed by atoms with Crippen LogP contribution in [0.2, 0.25) is 0 Å². The fourth-order valence-corrected chi connectivity index (χ4v) is 8.11. The van der Waals surface area contributed by atoms with Gasteiger partial charge in [0.1, 0.15) is 24.4 Å². The van der Waals surface area contributed by atoms with Gasteiger partial charge < -0.3 is 54.7 Å². The van der Waals surface area contributed by atoms with Crippen molar-refractivity contribution in [2.24, 2.45) is 23.5 Å². The first kappa shape index (κ1) is 42.5. The van der Waals surface area contributed by atoms with Crippen molar-refractivity contribution in [3.8, 4) is 0 Å². The largest absolute Gasteiger partial charge is 0.458 e. The molecule has 290 valence electrons. The van der Waals surface area contributed by atoms with Gasteiger partial charge in [0.05, 0.1) is 23.9 Å². The minimum absolute atomic E-state index is 0.00180. The van der Waals surface area contributed by atoms with Crippen LogP contribution in [0, 0.1) is 17.8 Å². The topological polar surface area (TPSA) is 182 Å². The number of methoxy groups -OCH3 is 1. The minimum atomic E-state index is -1.28. The smallest absolute Gasteiger partial charge is 0.405 e. The van der Waals surface area contributed by atoms with Crippen molar-refractivity contribution < 1.29 is 48.3 Å². The Hall–Kier alpha value is -1.91. The van der Waals surface area contributed by atoms with Gasteiger partial charge in [0, 0.05) is 37.6 Å². The number of likely N-dealkylation sites (tertiary alicyclic amines) is 1. The molecule has 0 saturated carbocycles. The summed E-state index contributed by atoms with van der Waals surface area (Å²) in [6.45, 7) is 15.8. The van der Waals surface area contributed by atoms with Crippen molar-refractivity contribution >= 4 is 17.8 Å². The molecule has 14 nitrogen and oxygen atoms in total. The molecule has 3 rings (SSSR count). The van der Waals surface area contributed by atoms with Crippen molar-refractivity contribution in [3.63, 3.8) is 0 Å². The van der Waals surface area contributed by atoms with Crippen molar-refractivity contribution in [1.82, 2.24) is 15.1 Å². The third-order valence-electron chi connectivity index (χ3n) is 11.6. The van der Waals surface area contributed by atoms with E-state index in [9.17, 15) is 24.6 Å². The first-order valence-corrected chi connectivity index (χ1v) is 18.4. The molecule has 3 aliphatic rings. The Kier molecular flexibility index (Phi) is 15.5. The van der Waals surface area contributed by atoms with Gasteiger partial charge in [0.2, 0.25) is 0 Å². The Bertz CT molecular complexity index is 1120. The summed E-state index contributed by atoms with van der Waals surface area (Å²) in [5.41, 5.74) is 3.15. The zero-order valence-electron chi connectivity index (χ0n) is 32.1. The molecule has 0 aromatic heterocycles. The number of β-amino-alcohol motifs (C(OH)–C–C–N with tert-alkyl or cyclic N) is 1. The van der Waals surface area contributed by atoms with E-state index in [4.69, 9.17) is 29.4 Å². The number of likely N-dealkylation sites (N-methyl/N-ethyl adjacent to an activating group) is 1. The molecule has 0 aromatic rings. The number of hydrogen-bond donors (Lipinski definition) is 4. The van der Waals surface area contributed by atoms with E-state index in [0.717, 1.165) is 25.9 Å². The van der Waals surface area contributed by atoms with E-state index in [2.05, 4.69) is 17.1 Å². The number of rotatable bonds is 9. The number of nitrogens with two attached hydrogens (primary N) is 1. The molecule has 1 amide bonds. The number of cyclic esters (lactones) is 1. The van der Waals surface area contributed by atoms with E-state index in [-0.39, 0.29) is 17.9 Å². The molecule has 0 aromatic carbocycles. The Morgan fingerprint density at radius 2 is 1.80 bits per heavy atom. The number of ether oxygens (including phenoxy) is 5. The molecule has 3 saturated heterocycles. The lowest BCUT2D eigenvalue weighted by Gasteiger charge is -2.47. The van der Waals surface area contributed by atoms with Crippen molar-refractivity contribution in [2.45, 2.75) is 147 Å². The Morgan fingerprint density at radius 1 is 1.16 bits per heavy atom. The maximum atomic E-state index is 14.0. The predicted octanol–water partition coefficient (Wildman–Crippen LogP) is 2.06. The molecule has 0 bridgehead atoms. The van der Waals surface area contributed by atoms with Gasteiger partial charge in [-0.05, 0) is 92.5 Å². The number of hydrogen-bond acceptors (Lipinski definition) is 13. The summed E-state index contributed by atoms with van der Waals surface area (Å²) < 4.78 is 30.7. The van der Waals surface area contributed by atoms with E-state index in [1.807, 2.05) is 46.7 Å². The van der Waals surface area contributed by atoms with E-state index in [1.54, 1.807) is 21.0 Å². The molecular formula is C36H66N4O10.